The first kappa shape index (κ1) is 21.0. The zero-order valence-corrected chi connectivity index (χ0v) is 17.9. The Bertz CT molecular complexity index is 658. The van der Waals surface area contributed by atoms with Gasteiger partial charge in [0.25, 0.3) is 0 Å². The molecule has 28 heavy (non-hydrogen) atoms. The summed E-state index contributed by atoms with van der Waals surface area (Å²) in [6, 6.07) is 2.57. The number of hydrogen-bond donors (Lipinski definition) is 1. The third-order valence-electron chi connectivity index (χ3n) is 6.11. The minimum atomic E-state index is 0.124. The third-order valence-corrected chi connectivity index (χ3v) is 6.11. The van der Waals surface area contributed by atoms with Crippen LogP contribution in [0.15, 0.2) is 6.07 Å². The van der Waals surface area contributed by atoms with Gasteiger partial charge in [-0.1, -0.05) is 19.3 Å². The Kier molecular flexibility index (Phi) is 7.24. The van der Waals surface area contributed by atoms with E-state index in [0.717, 1.165) is 49.6 Å². The molecule has 1 aliphatic heterocycles. The van der Waals surface area contributed by atoms with Gasteiger partial charge in [0, 0.05) is 39.8 Å². The zero-order valence-electron chi connectivity index (χ0n) is 17.9. The van der Waals surface area contributed by atoms with Gasteiger partial charge in [-0.15, -0.1) is 0 Å². The van der Waals surface area contributed by atoms with Crippen molar-refractivity contribution < 1.29 is 4.79 Å². The van der Waals surface area contributed by atoms with Crippen LogP contribution in [0.25, 0.3) is 0 Å². The summed E-state index contributed by atoms with van der Waals surface area (Å²) in [6.07, 6.45) is 8.18. The maximum absolute atomic E-state index is 12.9. The molecule has 7 heteroatoms. The average Bonchev–Trinajstić information content (AvgIpc) is 3.16. The van der Waals surface area contributed by atoms with E-state index in [1.807, 2.05) is 44.1 Å². The lowest BCUT2D eigenvalue weighted by Gasteiger charge is -2.33. The van der Waals surface area contributed by atoms with Gasteiger partial charge in [-0.2, -0.15) is 0 Å². The molecule has 156 valence electrons. The molecular weight excluding hydrogens is 352 g/mol. The van der Waals surface area contributed by atoms with E-state index >= 15 is 0 Å². The molecule has 1 unspecified atom stereocenters. The molecule has 1 atom stereocenters. The number of nitrogens with one attached hydrogen (secondary N) is 1. The number of aromatic nitrogens is 2. The van der Waals surface area contributed by atoms with Crippen molar-refractivity contribution >= 4 is 11.7 Å². The monoisotopic (exact) mass is 388 g/mol. The van der Waals surface area contributed by atoms with Crippen molar-refractivity contribution in [2.75, 3.05) is 46.2 Å². The third kappa shape index (κ3) is 5.00. The quantitative estimate of drug-likeness (QED) is 0.772. The van der Waals surface area contributed by atoms with Crippen molar-refractivity contribution in [3.8, 4) is 0 Å². The van der Waals surface area contributed by atoms with Crippen LogP contribution in [0.2, 0.25) is 0 Å². The average molecular weight is 389 g/mol. The van der Waals surface area contributed by atoms with E-state index in [2.05, 4.69) is 10.2 Å². The number of carbonyl (C=O) groups excluding carboxylic acids is 1. The van der Waals surface area contributed by atoms with Crippen LogP contribution in [-0.2, 0) is 11.3 Å². The first-order chi connectivity index (χ1) is 13.5. The molecule has 1 N–H and O–H groups in total. The largest absolute Gasteiger partial charge is 0.363 e. The van der Waals surface area contributed by atoms with E-state index in [1.54, 1.807) is 0 Å². The Morgan fingerprint density at radius 1 is 1.14 bits per heavy atom. The lowest BCUT2D eigenvalue weighted by Crippen LogP contribution is -2.44. The van der Waals surface area contributed by atoms with Crippen molar-refractivity contribution in [3.05, 3.63) is 17.6 Å². The molecule has 1 aliphatic carbocycles. The van der Waals surface area contributed by atoms with Crippen LogP contribution in [0.1, 0.15) is 62.5 Å². The Hall–Kier alpha value is -1.73. The predicted octanol–water partition coefficient (Wildman–Crippen LogP) is 2.19. The molecule has 1 amide bonds. The van der Waals surface area contributed by atoms with Gasteiger partial charge < -0.3 is 15.1 Å². The lowest BCUT2D eigenvalue weighted by atomic mass is 9.94. The second-order valence-electron chi connectivity index (χ2n) is 8.43. The number of amides is 1. The number of anilines is 1. The number of likely N-dealkylation sites (tertiary alicyclic amines) is 1. The normalized spacial score (nSPS) is 21.1. The minimum Gasteiger partial charge on any atom is -0.363 e. The van der Waals surface area contributed by atoms with E-state index in [0.29, 0.717) is 19.1 Å². The highest BCUT2D eigenvalue weighted by Crippen LogP contribution is 2.31. The standard InChI is InChI=1S/C21H36N6O/c1-22-14-16-13-19(25(2)3)24-21(23-16)18-11-8-12-27(18)15-20(28)26(4)17-9-6-5-7-10-17/h13,17-18,22H,5-12,14-15H2,1-4H3. The summed E-state index contributed by atoms with van der Waals surface area (Å²) in [5, 5.41) is 3.18. The van der Waals surface area contributed by atoms with E-state index < -0.39 is 0 Å². The van der Waals surface area contributed by atoms with Gasteiger partial charge >= 0.3 is 0 Å². The number of likely N-dealkylation sites (N-methyl/N-ethyl adjacent to an activating group) is 1. The molecule has 1 aromatic rings. The summed E-state index contributed by atoms with van der Waals surface area (Å²) in [4.78, 5) is 28.9. The van der Waals surface area contributed by atoms with Crippen LogP contribution in [0.3, 0.4) is 0 Å². The maximum Gasteiger partial charge on any atom is 0.236 e. The van der Waals surface area contributed by atoms with Gasteiger partial charge in [-0.05, 0) is 39.3 Å². The summed E-state index contributed by atoms with van der Waals surface area (Å²) in [5.41, 5.74) is 0.994. The summed E-state index contributed by atoms with van der Waals surface area (Å²) >= 11 is 0. The lowest BCUT2D eigenvalue weighted by molar-refractivity contribution is -0.134. The topological polar surface area (TPSA) is 64.6 Å². The molecule has 0 aromatic carbocycles. The summed E-state index contributed by atoms with van der Waals surface area (Å²) in [5.74, 6) is 2.01. The fourth-order valence-electron chi connectivity index (χ4n) is 4.42. The van der Waals surface area contributed by atoms with Gasteiger partial charge in [-0.25, -0.2) is 9.97 Å². The number of nitrogens with zero attached hydrogens (tertiary/aromatic N) is 5. The van der Waals surface area contributed by atoms with Crippen LogP contribution in [0.5, 0.6) is 0 Å². The van der Waals surface area contributed by atoms with E-state index in [1.165, 1.54) is 19.3 Å². The Labute approximate surface area is 169 Å². The van der Waals surface area contributed by atoms with Gasteiger partial charge in [0.15, 0.2) is 0 Å². The second-order valence-corrected chi connectivity index (χ2v) is 8.43. The fourth-order valence-corrected chi connectivity index (χ4v) is 4.42. The van der Waals surface area contributed by atoms with Crippen molar-refractivity contribution in [2.24, 2.45) is 0 Å². The Balaban J connectivity index is 1.72. The molecule has 3 rings (SSSR count). The molecule has 2 heterocycles. The van der Waals surface area contributed by atoms with Crippen molar-refractivity contribution in [3.63, 3.8) is 0 Å². The molecule has 0 radical (unpaired) electrons. The van der Waals surface area contributed by atoms with Crippen LogP contribution < -0.4 is 10.2 Å². The highest BCUT2D eigenvalue weighted by Gasteiger charge is 2.32. The van der Waals surface area contributed by atoms with Crippen molar-refractivity contribution in [1.29, 1.82) is 0 Å². The second kappa shape index (κ2) is 9.65. The minimum absolute atomic E-state index is 0.124. The van der Waals surface area contributed by atoms with E-state index in [-0.39, 0.29) is 11.9 Å². The van der Waals surface area contributed by atoms with Gasteiger partial charge in [0.1, 0.15) is 11.6 Å². The summed E-state index contributed by atoms with van der Waals surface area (Å²) < 4.78 is 0. The van der Waals surface area contributed by atoms with Crippen LogP contribution >= 0.6 is 0 Å². The number of carbonyl (C=O) groups is 1. The first-order valence-electron chi connectivity index (χ1n) is 10.7. The van der Waals surface area contributed by atoms with E-state index in [9.17, 15) is 4.79 Å². The summed E-state index contributed by atoms with van der Waals surface area (Å²) in [7, 11) is 7.92. The molecular formula is C21H36N6O. The molecule has 0 spiro atoms. The first-order valence-corrected chi connectivity index (χ1v) is 10.7. The SMILES string of the molecule is CNCc1cc(N(C)C)nc(C2CCCN2CC(=O)N(C)C2CCCCC2)n1. The van der Waals surface area contributed by atoms with Crippen LogP contribution in [0.4, 0.5) is 5.82 Å². The molecule has 0 bridgehead atoms. The highest BCUT2D eigenvalue weighted by molar-refractivity contribution is 5.78. The number of hydrogen-bond acceptors (Lipinski definition) is 6. The van der Waals surface area contributed by atoms with Gasteiger partial charge in [0.05, 0.1) is 18.3 Å². The zero-order chi connectivity index (χ0) is 20.1. The van der Waals surface area contributed by atoms with Gasteiger partial charge in [-0.3, -0.25) is 9.69 Å². The van der Waals surface area contributed by atoms with Crippen molar-refractivity contribution in [2.45, 2.75) is 63.6 Å². The molecule has 7 nitrogen and oxygen atoms in total. The molecule has 2 aliphatic rings. The van der Waals surface area contributed by atoms with Gasteiger partial charge in [0.2, 0.25) is 5.91 Å². The van der Waals surface area contributed by atoms with Crippen molar-refractivity contribution in [1.82, 2.24) is 25.1 Å². The molecule has 1 aromatic heterocycles. The predicted molar refractivity (Wildman–Crippen MR) is 112 cm³/mol. The van der Waals surface area contributed by atoms with Crippen LogP contribution in [0, 0.1) is 0 Å². The summed E-state index contributed by atoms with van der Waals surface area (Å²) in [6.45, 7) is 2.12. The molecule has 1 saturated heterocycles. The van der Waals surface area contributed by atoms with Crippen LogP contribution in [-0.4, -0.2) is 73.0 Å². The Morgan fingerprint density at radius 2 is 1.89 bits per heavy atom. The van der Waals surface area contributed by atoms with E-state index in [4.69, 9.17) is 9.97 Å². The molecule has 2 fully saturated rings. The smallest absolute Gasteiger partial charge is 0.236 e. The number of rotatable bonds is 7. The highest BCUT2D eigenvalue weighted by atomic mass is 16.2. The Morgan fingerprint density at radius 3 is 2.57 bits per heavy atom. The fraction of sp³-hybridized carbons (Fsp3) is 0.762. The maximum atomic E-state index is 12.9. The molecule has 1 saturated carbocycles.